The molecule has 0 fully saturated rings. The lowest BCUT2D eigenvalue weighted by molar-refractivity contribution is 0.615. The van der Waals surface area contributed by atoms with Gasteiger partial charge in [0, 0.05) is 22.5 Å². The van der Waals surface area contributed by atoms with Crippen molar-refractivity contribution in [3.8, 4) is 44.5 Å². The van der Waals surface area contributed by atoms with E-state index in [2.05, 4.69) is 245 Å². The minimum Gasteiger partial charge on any atom is -0.310 e. The summed E-state index contributed by atoms with van der Waals surface area (Å²) in [4.78, 5) is 2.42. The van der Waals surface area contributed by atoms with Gasteiger partial charge in [0.2, 0.25) is 0 Å². The van der Waals surface area contributed by atoms with Crippen molar-refractivity contribution < 1.29 is 0 Å². The second kappa shape index (κ2) is 21.2. The average molecular weight is 870 g/mol. The maximum absolute atomic E-state index is 4.02. The van der Waals surface area contributed by atoms with Crippen LogP contribution in [0.3, 0.4) is 0 Å². The van der Waals surface area contributed by atoms with Crippen LogP contribution in [0.4, 0.5) is 17.1 Å². The molecule has 10 rings (SSSR count). The number of anilines is 3. The molecule has 0 saturated carbocycles. The van der Waals surface area contributed by atoms with Crippen molar-refractivity contribution >= 4 is 17.1 Å². The number of hydrogen-bond donors (Lipinski definition) is 0. The second-order valence-electron chi connectivity index (χ2n) is 17.6. The van der Waals surface area contributed by atoms with E-state index in [9.17, 15) is 0 Å². The highest BCUT2D eigenvalue weighted by Crippen LogP contribution is 2.57. The summed E-state index contributed by atoms with van der Waals surface area (Å²) in [5.74, 6) is 0.471. The topological polar surface area (TPSA) is 3.24 Å². The van der Waals surface area contributed by atoms with Crippen molar-refractivity contribution in [1.82, 2.24) is 0 Å². The van der Waals surface area contributed by atoms with E-state index in [1.165, 1.54) is 77.9 Å². The van der Waals surface area contributed by atoms with Gasteiger partial charge in [-0.3, -0.25) is 0 Å². The zero-order chi connectivity index (χ0) is 46.8. The molecule has 0 spiro atoms. The molecule has 1 heteroatoms. The van der Waals surface area contributed by atoms with E-state index in [4.69, 9.17) is 0 Å². The van der Waals surface area contributed by atoms with Crippen LogP contribution in [0.25, 0.3) is 44.5 Å². The molecule has 0 aliphatic heterocycles. The van der Waals surface area contributed by atoms with Crippen molar-refractivity contribution in [1.29, 1.82) is 0 Å². The monoisotopic (exact) mass is 869 g/mol. The van der Waals surface area contributed by atoms with E-state index < -0.39 is 0 Å². The highest BCUT2D eigenvalue weighted by atomic mass is 15.1. The van der Waals surface area contributed by atoms with E-state index in [1.807, 2.05) is 38.1 Å². The Bertz CT molecular complexity index is 3020. The third-order valence-electron chi connectivity index (χ3n) is 13.2. The molecule has 332 valence electrons. The smallest absolute Gasteiger partial charge is 0.0495 e. The quantitative estimate of drug-likeness (QED) is 0.124. The van der Waals surface area contributed by atoms with Crippen LogP contribution < -0.4 is 4.90 Å². The summed E-state index contributed by atoms with van der Waals surface area (Å²) in [5, 5.41) is 0. The first kappa shape index (κ1) is 46.1. The van der Waals surface area contributed by atoms with Gasteiger partial charge in [0.1, 0.15) is 0 Å². The summed E-state index contributed by atoms with van der Waals surface area (Å²) in [6.45, 7) is 16.8. The van der Waals surface area contributed by atoms with Gasteiger partial charge in [0.25, 0.3) is 0 Å². The predicted octanol–water partition coefficient (Wildman–Crippen LogP) is 18.7. The zero-order valence-electron chi connectivity index (χ0n) is 40.1. The molecule has 2 aliphatic rings. The van der Waals surface area contributed by atoms with Gasteiger partial charge in [-0.05, 0) is 154 Å². The summed E-state index contributed by atoms with van der Waals surface area (Å²) >= 11 is 0. The second-order valence-corrected chi connectivity index (χ2v) is 17.6. The summed E-state index contributed by atoms with van der Waals surface area (Å²) in [7, 11) is 0. The van der Waals surface area contributed by atoms with Crippen LogP contribution in [0.15, 0.2) is 243 Å². The number of benzene rings is 8. The third-order valence-corrected chi connectivity index (χ3v) is 13.2. The summed E-state index contributed by atoms with van der Waals surface area (Å²) < 4.78 is 0. The maximum atomic E-state index is 4.02. The number of aryl methyl sites for hydroxylation is 3. The van der Waals surface area contributed by atoms with Crippen molar-refractivity contribution in [2.75, 3.05) is 4.90 Å². The molecular formula is C66H63N. The number of nitrogens with zero attached hydrogens (tertiary/aromatic N) is 1. The lowest BCUT2D eigenvalue weighted by Crippen LogP contribution is -2.28. The van der Waals surface area contributed by atoms with E-state index >= 15 is 0 Å². The first-order valence-corrected chi connectivity index (χ1v) is 24.0. The Morgan fingerprint density at radius 3 is 1.69 bits per heavy atom. The molecule has 0 radical (unpaired) electrons. The standard InChI is InChI=1S/C57H49N.C7H8.C2H6/c1-5-6-14-36-57(47-20-15-16-40(2)37-47)55-23-13-12-22-52(55)53-35-34-50(39-56(53)57)58(48-30-26-44(27-31-48)43-18-8-7-9-19-43)49-32-28-45(29-33-49)46-25-24-42(4)54(38-46)51-21-11-10-17-41(51)3;1-7-5-3-2-4-6-7;1-2/h5-15,17-35,37-40H,1,16,36H2,2-4H3;2-6H,1H3;1-2H3/b14-6-;;. The van der Waals surface area contributed by atoms with E-state index in [1.54, 1.807) is 0 Å². The molecule has 0 saturated heterocycles. The molecule has 0 bridgehead atoms. The van der Waals surface area contributed by atoms with E-state index in [0.29, 0.717) is 5.92 Å². The highest BCUT2D eigenvalue weighted by molar-refractivity contribution is 5.89. The van der Waals surface area contributed by atoms with Gasteiger partial charge < -0.3 is 4.90 Å². The zero-order valence-corrected chi connectivity index (χ0v) is 40.1. The molecule has 0 aromatic heterocycles. The van der Waals surface area contributed by atoms with Crippen LogP contribution in [0.5, 0.6) is 0 Å². The van der Waals surface area contributed by atoms with E-state index in [0.717, 1.165) is 29.9 Å². The fourth-order valence-electron chi connectivity index (χ4n) is 9.79. The molecule has 0 N–H and O–H groups in total. The van der Waals surface area contributed by atoms with Gasteiger partial charge in [0.05, 0.1) is 0 Å². The molecule has 2 aliphatic carbocycles. The minimum absolute atomic E-state index is 0.334. The number of hydrogen-bond acceptors (Lipinski definition) is 1. The van der Waals surface area contributed by atoms with Crippen LogP contribution in [0.1, 0.15) is 61.4 Å². The predicted molar refractivity (Wildman–Crippen MR) is 291 cm³/mol. The van der Waals surface area contributed by atoms with Crippen molar-refractivity contribution in [2.24, 2.45) is 5.92 Å². The van der Waals surface area contributed by atoms with Crippen LogP contribution in [0, 0.1) is 26.7 Å². The molecule has 2 atom stereocenters. The van der Waals surface area contributed by atoms with Gasteiger partial charge in [0.15, 0.2) is 0 Å². The van der Waals surface area contributed by atoms with Crippen LogP contribution in [-0.2, 0) is 5.41 Å². The first-order valence-electron chi connectivity index (χ1n) is 24.0. The van der Waals surface area contributed by atoms with Gasteiger partial charge in [-0.1, -0.05) is 221 Å². The summed E-state index contributed by atoms with van der Waals surface area (Å²) in [5.41, 5.74) is 21.0. The minimum atomic E-state index is -0.334. The Morgan fingerprint density at radius 1 is 0.522 bits per heavy atom. The Hall–Kier alpha value is -7.48. The Labute approximate surface area is 400 Å². The molecule has 2 unspecified atom stereocenters. The van der Waals surface area contributed by atoms with Gasteiger partial charge >= 0.3 is 0 Å². The highest BCUT2D eigenvalue weighted by Gasteiger charge is 2.45. The molecule has 8 aromatic carbocycles. The lowest BCUT2D eigenvalue weighted by Gasteiger charge is -2.36. The molecule has 1 nitrogen and oxygen atoms in total. The van der Waals surface area contributed by atoms with Gasteiger partial charge in [-0.25, -0.2) is 0 Å². The molecule has 0 heterocycles. The van der Waals surface area contributed by atoms with Crippen LogP contribution >= 0.6 is 0 Å². The SMILES string of the molecule is C=C/C=C\CC1(C2=CC(C)CC=C2)c2ccccc2-c2ccc(N(c3ccc(-c4ccccc4)cc3)c3ccc(-c4ccc(C)c(-c5ccccc5C)c4)cc3)cc21.CC.Cc1ccccc1. The lowest BCUT2D eigenvalue weighted by atomic mass is 9.67. The van der Waals surface area contributed by atoms with Crippen LogP contribution in [-0.4, -0.2) is 0 Å². The molecule has 0 amide bonds. The number of fused-ring (bicyclic) bond motifs is 3. The van der Waals surface area contributed by atoms with Gasteiger partial charge in [-0.15, -0.1) is 0 Å². The normalized spacial score (nSPS) is 15.6. The number of allylic oxidation sites excluding steroid dienone is 7. The fraction of sp³-hybridized carbons (Fsp3) is 0.152. The van der Waals surface area contributed by atoms with Crippen molar-refractivity contribution in [3.05, 3.63) is 271 Å². The Morgan fingerprint density at radius 2 is 1.06 bits per heavy atom. The number of rotatable bonds is 10. The van der Waals surface area contributed by atoms with Crippen molar-refractivity contribution in [2.45, 2.75) is 59.8 Å². The molecule has 67 heavy (non-hydrogen) atoms. The van der Waals surface area contributed by atoms with Crippen LogP contribution in [0.2, 0.25) is 0 Å². The maximum Gasteiger partial charge on any atom is 0.0495 e. The first-order chi connectivity index (χ1) is 32.8. The Kier molecular flexibility index (Phi) is 14.6. The largest absolute Gasteiger partial charge is 0.310 e. The molecular weight excluding hydrogens is 807 g/mol. The Balaban J connectivity index is 0.000000614. The summed E-state index contributed by atoms with van der Waals surface area (Å²) in [6.07, 6.45) is 15.5. The van der Waals surface area contributed by atoms with Gasteiger partial charge in [-0.2, -0.15) is 0 Å². The average Bonchev–Trinajstić information content (AvgIpc) is 3.66. The summed E-state index contributed by atoms with van der Waals surface area (Å²) in [6, 6.07) is 70.7. The third kappa shape index (κ3) is 9.74. The van der Waals surface area contributed by atoms with Crippen molar-refractivity contribution in [3.63, 3.8) is 0 Å². The fourth-order valence-corrected chi connectivity index (χ4v) is 9.79. The van der Waals surface area contributed by atoms with E-state index in [-0.39, 0.29) is 5.41 Å². The molecule has 8 aromatic rings.